The van der Waals surface area contributed by atoms with Crippen molar-refractivity contribution in [2.45, 2.75) is 27.1 Å². The molecule has 0 aliphatic carbocycles. The average Bonchev–Trinajstić information content (AvgIpc) is 3.58. The minimum Gasteiger partial charge on any atom is -0.464 e. The van der Waals surface area contributed by atoms with Crippen LogP contribution in [0.15, 0.2) is 42.9 Å². The molecule has 0 radical (unpaired) electrons. The molecule has 14 nitrogen and oxygen atoms in total. The Morgan fingerprint density at radius 3 is 2.54 bits per heavy atom. The molecule has 0 saturated heterocycles. The molecule has 0 saturated carbocycles. The van der Waals surface area contributed by atoms with Gasteiger partial charge in [-0.15, -0.1) is 0 Å². The van der Waals surface area contributed by atoms with E-state index in [9.17, 15) is 24.1 Å². The van der Waals surface area contributed by atoms with Crippen molar-refractivity contribution in [2.24, 2.45) is 7.05 Å². The number of hydrogen-bond acceptors (Lipinski definition) is 8. The number of anilines is 2. The predicted octanol–water partition coefficient (Wildman–Crippen LogP) is 2.73. The topological polar surface area (TPSA) is 164 Å². The predicted molar refractivity (Wildman–Crippen MR) is 128 cm³/mol. The maximum Gasteiger partial charge on any atom is 0.311 e. The third kappa shape index (κ3) is 5.29. The van der Waals surface area contributed by atoms with Gasteiger partial charge in [0, 0.05) is 31.9 Å². The number of nitrogens with zero attached hydrogens (tertiary/aromatic N) is 7. The van der Waals surface area contributed by atoms with Crippen LogP contribution in [0.5, 0.6) is 5.75 Å². The SMILES string of the molecule is CCn1ncc(NC(=O)c2ccn(COc3cc(F)ccc3[N+](=O)[O-])n2)c1C(=O)Nc1cnn(C)c1C. The van der Waals surface area contributed by atoms with Gasteiger partial charge in [-0.25, -0.2) is 9.07 Å². The van der Waals surface area contributed by atoms with Gasteiger partial charge in [0.2, 0.25) is 5.75 Å². The zero-order valence-electron chi connectivity index (χ0n) is 20.0. The van der Waals surface area contributed by atoms with Crippen molar-refractivity contribution < 1.29 is 23.6 Å². The largest absolute Gasteiger partial charge is 0.464 e. The van der Waals surface area contributed by atoms with E-state index in [0.29, 0.717) is 12.2 Å². The Hall–Kier alpha value is -5.08. The lowest BCUT2D eigenvalue weighted by Gasteiger charge is -2.09. The molecule has 0 aliphatic rings. The highest BCUT2D eigenvalue weighted by molar-refractivity contribution is 6.11. The Kier molecular flexibility index (Phi) is 6.95. The van der Waals surface area contributed by atoms with Crippen molar-refractivity contribution in [1.29, 1.82) is 0 Å². The Morgan fingerprint density at radius 2 is 1.86 bits per heavy atom. The van der Waals surface area contributed by atoms with E-state index in [-0.39, 0.29) is 29.6 Å². The molecule has 3 heterocycles. The van der Waals surface area contributed by atoms with Gasteiger partial charge in [-0.1, -0.05) is 0 Å². The van der Waals surface area contributed by atoms with Gasteiger partial charge in [0.25, 0.3) is 11.8 Å². The van der Waals surface area contributed by atoms with Gasteiger partial charge in [-0.3, -0.25) is 29.1 Å². The van der Waals surface area contributed by atoms with Crippen LogP contribution in [-0.2, 0) is 20.3 Å². The smallest absolute Gasteiger partial charge is 0.311 e. The summed E-state index contributed by atoms with van der Waals surface area (Å²) in [5.41, 5.74) is 1.15. The van der Waals surface area contributed by atoms with Crippen molar-refractivity contribution in [3.8, 4) is 5.75 Å². The second kappa shape index (κ2) is 10.3. The molecular formula is C22H22FN9O5. The second-order valence-corrected chi connectivity index (χ2v) is 7.78. The third-order valence-corrected chi connectivity index (χ3v) is 5.43. The molecule has 0 spiro atoms. The van der Waals surface area contributed by atoms with E-state index < -0.39 is 28.2 Å². The van der Waals surface area contributed by atoms with Gasteiger partial charge in [0.05, 0.1) is 34.4 Å². The molecule has 2 amide bonds. The Morgan fingerprint density at radius 1 is 1.14 bits per heavy atom. The number of hydrogen-bond donors (Lipinski definition) is 2. The first-order valence-corrected chi connectivity index (χ1v) is 10.9. The fourth-order valence-corrected chi connectivity index (χ4v) is 3.39. The number of amides is 2. The number of carbonyl (C=O) groups excluding carboxylic acids is 2. The molecule has 192 valence electrons. The van der Waals surface area contributed by atoms with Gasteiger partial charge in [-0.2, -0.15) is 15.3 Å². The number of aromatic nitrogens is 6. The van der Waals surface area contributed by atoms with Crippen molar-refractivity contribution in [3.63, 3.8) is 0 Å². The summed E-state index contributed by atoms with van der Waals surface area (Å²) in [5.74, 6) is -2.09. The summed E-state index contributed by atoms with van der Waals surface area (Å²) >= 11 is 0. The number of aryl methyl sites for hydroxylation is 2. The lowest BCUT2D eigenvalue weighted by atomic mass is 10.3. The van der Waals surface area contributed by atoms with Crippen molar-refractivity contribution in [2.75, 3.05) is 10.6 Å². The average molecular weight is 511 g/mol. The highest BCUT2D eigenvalue weighted by Crippen LogP contribution is 2.27. The molecule has 2 N–H and O–H groups in total. The molecule has 37 heavy (non-hydrogen) atoms. The number of carbonyl (C=O) groups is 2. The zero-order chi connectivity index (χ0) is 26.7. The van der Waals surface area contributed by atoms with Crippen LogP contribution in [-0.4, -0.2) is 46.1 Å². The first-order chi connectivity index (χ1) is 17.7. The lowest BCUT2D eigenvalue weighted by Crippen LogP contribution is -2.21. The van der Waals surface area contributed by atoms with E-state index in [1.54, 1.807) is 25.6 Å². The minimum atomic E-state index is -0.702. The molecule has 4 aromatic rings. The lowest BCUT2D eigenvalue weighted by molar-refractivity contribution is -0.386. The van der Waals surface area contributed by atoms with Crippen LogP contribution in [0.1, 0.15) is 33.6 Å². The maximum atomic E-state index is 13.5. The van der Waals surface area contributed by atoms with Gasteiger partial charge in [0.15, 0.2) is 12.4 Å². The molecule has 0 atom stereocenters. The molecule has 15 heteroatoms. The molecule has 0 aliphatic heterocycles. The Labute approximate surface area is 208 Å². The maximum absolute atomic E-state index is 13.5. The Balaban J connectivity index is 1.47. The number of benzene rings is 1. The number of nitro groups is 1. The highest BCUT2D eigenvalue weighted by Gasteiger charge is 2.22. The van der Waals surface area contributed by atoms with Crippen LogP contribution in [0, 0.1) is 22.9 Å². The number of ether oxygens (including phenoxy) is 1. The van der Waals surface area contributed by atoms with Gasteiger partial charge >= 0.3 is 5.69 Å². The molecule has 4 rings (SSSR count). The molecule has 1 aromatic carbocycles. The number of rotatable bonds is 9. The number of halogens is 1. The first-order valence-electron chi connectivity index (χ1n) is 10.9. The van der Waals surface area contributed by atoms with Gasteiger partial charge < -0.3 is 15.4 Å². The monoisotopic (exact) mass is 511 g/mol. The van der Waals surface area contributed by atoms with E-state index >= 15 is 0 Å². The van der Waals surface area contributed by atoms with E-state index in [0.717, 1.165) is 23.9 Å². The molecule has 0 fully saturated rings. The van der Waals surface area contributed by atoms with Crippen molar-refractivity contribution in [3.05, 3.63) is 75.9 Å². The summed E-state index contributed by atoms with van der Waals surface area (Å²) in [6.07, 6.45) is 4.29. The van der Waals surface area contributed by atoms with E-state index in [4.69, 9.17) is 4.74 Å². The summed E-state index contributed by atoms with van der Waals surface area (Å²) < 4.78 is 23.1. The van der Waals surface area contributed by atoms with Gasteiger partial charge in [0.1, 0.15) is 11.5 Å². The number of nitrogens with one attached hydrogen (secondary N) is 2. The minimum absolute atomic E-state index is 0.0175. The molecule has 0 unspecified atom stereocenters. The van der Waals surface area contributed by atoms with E-state index in [1.165, 1.54) is 34.0 Å². The van der Waals surface area contributed by atoms with Crippen LogP contribution < -0.4 is 15.4 Å². The Bertz CT molecular complexity index is 1490. The summed E-state index contributed by atoms with van der Waals surface area (Å²) in [6, 6.07) is 4.22. The summed E-state index contributed by atoms with van der Waals surface area (Å²) in [5, 5.41) is 28.8. The van der Waals surface area contributed by atoms with E-state index in [2.05, 4.69) is 25.9 Å². The summed E-state index contributed by atoms with van der Waals surface area (Å²) in [6.45, 7) is 3.66. The molecule has 0 bridgehead atoms. The molecular weight excluding hydrogens is 489 g/mol. The first kappa shape index (κ1) is 25.0. The summed E-state index contributed by atoms with van der Waals surface area (Å²) in [7, 11) is 1.75. The fourth-order valence-electron chi connectivity index (χ4n) is 3.39. The third-order valence-electron chi connectivity index (χ3n) is 5.43. The zero-order valence-corrected chi connectivity index (χ0v) is 20.0. The quantitative estimate of drug-likeness (QED) is 0.256. The highest BCUT2D eigenvalue weighted by atomic mass is 19.1. The van der Waals surface area contributed by atoms with Crippen LogP contribution in [0.3, 0.4) is 0 Å². The fraction of sp³-hybridized carbons (Fsp3) is 0.227. The summed E-state index contributed by atoms with van der Waals surface area (Å²) in [4.78, 5) is 36.3. The van der Waals surface area contributed by atoms with Crippen LogP contribution in [0.25, 0.3) is 0 Å². The normalized spacial score (nSPS) is 10.8. The van der Waals surface area contributed by atoms with Crippen LogP contribution in [0.4, 0.5) is 21.5 Å². The second-order valence-electron chi connectivity index (χ2n) is 7.78. The van der Waals surface area contributed by atoms with E-state index in [1.807, 2.05) is 0 Å². The van der Waals surface area contributed by atoms with Crippen molar-refractivity contribution >= 4 is 28.9 Å². The van der Waals surface area contributed by atoms with Crippen LogP contribution >= 0.6 is 0 Å². The van der Waals surface area contributed by atoms with Crippen LogP contribution in [0.2, 0.25) is 0 Å². The van der Waals surface area contributed by atoms with Gasteiger partial charge in [-0.05, 0) is 26.0 Å². The molecule has 3 aromatic heterocycles. The standard InChI is InChI=1S/C22H22FN9O5/c1-4-31-20(22(34)26-16-10-24-29(3)13(16)2)17(11-25-31)27-21(33)15-7-8-30(28-15)12-37-19-9-14(23)5-6-18(19)32(35)36/h5-11H,4,12H2,1-3H3,(H,26,34)(H,27,33). The number of nitro benzene ring substituents is 1. The van der Waals surface area contributed by atoms with Crippen molar-refractivity contribution in [1.82, 2.24) is 29.3 Å².